The molecule has 0 radical (unpaired) electrons. The fourth-order valence-electron chi connectivity index (χ4n) is 1.85. The maximum atomic E-state index is 11.4. The van der Waals surface area contributed by atoms with Crippen LogP contribution in [-0.2, 0) is 4.79 Å². The van der Waals surface area contributed by atoms with E-state index in [4.69, 9.17) is 4.74 Å². The van der Waals surface area contributed by atoms with Gasteiger partial charge in [-0.1, -0.05) is 42.5 Å². The van der Waals surface area contributed by atoms with E-state index < -0.39 is 12.0 Å². The van der Waals surface area contributed by atoms with E-state index in [0.29, 0.717) is 17.0 Å². The second kappa shape index (κ2) is 5.91. The van der Waals surface area contributed by atoms with Gasteiger partial charge in [-0.25, -0.2) is 4.79 Å². The molecular weight excluding hydrogens is 242 g/mol. The number of rotatable bonds is 5. The molecule has 0 heterocycles. The number of hydrogen-bond acceptors (Lipinski definition) is 3. The molecule has 0 spiro atoms. The Morgan fingerprint density at radius 1 is 1.11 bits per heavy atom. The zero-order valence-electron chi connectivity index (χ0n) is 10.5. The van der Waals surface area contributed by atoms with Crippen LogP contribution in [0.25, 0.3) is 0 Å². The second-order valence-corrected chi connectivity index (χ2v) is 4.03. The van der Waals surface area contributed by atoms with Gasteiger partial charge in [-0.05, 0) is 17.7 Å². The van der Waals surface area contributed by atoms with Gasteiger partial charge in [0.25, 0.3) is 0 Å². The van der Waals surface area contributed by atoms with E-state index in [2.05, 4.69) is 5.32 Å². The number of carbonyl (C=O) groups is 1. The van der Waals surface area contributed by atoms with Gasteiger partial charge < -0.3 is 15.2 Å². The highest BCUT2D eigenvalue weighted by Gasteiger charge is 2.20. The van der Waals surface area contributed by atoms with Crippen molar-refractivity contribution in [3.8, 4) is 5.75 Å². The average Bonchev–Trinajstić information content (AvgIpc) is 2.45. The van der Waals surface area contributed by atoms with Gasteiger partial charge in [-0.3, -0.25) is 0 Å². The number of ether oxygens (including phenoxy) is 1. The number of nitrogens with one attached hydrogen (secondary N) is 1. The van der Waals surface area contributed by atoms with Gasteiger partial charge in [0, 0.05) is 0 Å². The zero-order chi connectivity index (χ0) is 13.7. The minimum Gasteiger partial charge on any atom is -0.495 e. The minimum atomic E-state index is -0.933. The molecule has 1 unspecified atom stereocenters. The van der Waals surface area contributed by atoms with Crippen molar-refractivity contribution in [1.29, 1.82) is 0 Å². The molecular formula is C15H15NO3. The minimum absolute atomic E-state index is 0.615. The summed E-state index contributed by atoms with van der Waals surface area (Å²) in [7, 11) is 1.55. The lowest BCUT2D eigenvalue weighted by atomic mass is 10.1. The number of hydrogen-bond donors (Lipinski definition) is 2. The molecule has 0 aliphatic heterocycles. The molecule has 0 aliphatic carbocycles. The van der Waals surface area contributed by atoms with Crippen molar-refractivity contribution in [3.63, 3.8) is 0 Å². The Bertz CT molecular complexity index is 554. The van der Waals surface area contributed by atoms with Crippen LogP contribution in [0.3, 0.4) is 0 Å². The number of methoxy groups -OCH3 is 1. The second-order valence-electron chi connectivity index (χ2n) is 4.03. The molecule has 0 fully saturated rings. The summed E-state index contributed by atoms with van der Waals surface area (Å²) in [5.41, 5.74) is 1.35. The molecule has 98 valence electrons. The Kier molecular flexibility index (Phi) is 4.03. The van der Waals surface area contributed by atoms with Crippen molar-refractivity contribution in [2.24, 2.45) is 0 Å². The topological polar surface area (TPSA) is 58.6 Å². The Balaban J connectivity index is 2.30. The van der Waals surface area contributed by atoms with Crippen LogP contribution in [0.1, 0.15) is 11.6 Å². The third kappa shape index (κ3) is 3.04. The summed E-state index contributed by atoms with van der Waals surface area (Å²) in [6.07, 6.45) is 0. The Hall–Kier alpha value is -2.49. The molecule has 19 heavy (non-hydrogen) atoms. The van der Waals surface area contributed by atoms with E-state index in [1.54, 1.807) is 31.4 Å². The number of anilines is 1. The molecule has 2 aromatic carbocycles. The number of aliphatic carboxylic acids is 1. The Labute approximate surface area is 111 Å². The lowest BCUT2D eigenvalue weighted by Gasteiger charge is -2.18. The SMILES string of the molecule is COc1ccccc1NC(C(=O)O)c1ccccc1. The van der Waals surface area contributed by atoms with E-state index in [-0.39, 0.29) is 0 Å². The first-order chi connectivity index (χ1) is 9.22. The quantitative estimate of drug-likeness (QED) is 0.864. The van der Waals surface area contributed by atoms with Gasteiger partial charge in [0.15, 0.2) is 6.04 Å². The highest BCUT2D eigenvalue weighted by molar-refractivity contribution is 5.80. The Morgan fingerprint density at radius 2 is 1.74 bits per heavy atom. The van der Waals surface area contributed by atoms with Crippen LogP contribution in [0.4, 0.5) is 5.69 Å². The van der Waals surface area contributed by atoms with Crippen LogP contribution in [0, 0.1) is 0 Å². The molecule has 2 aromatic rings. The smallest absolute Gasteiger partial charge is 0.330 e. The van der Waals surface area contributed by atoms with Gasteiger partial charge in [0.05, 0.1) is 12.8 Å². The lowest BCUT2D eigenvalue weighted by Crippen LogP contribution is -2.20. The fraction of sp³-hybridized carbons (Fsp3) is 0.133. The fourth-order valence-corrected chi connectivity index (χ4v) is 1.85. The molecule has 2 rings (SSSR count). The first kappa shape index (κ1) is 13.0. The Morgan fingerprint density at radius 3 is 2.37 bits per heavy atom. The van der Waals surface area contributed by atoms with Gasteiger partial charge in [-0.15, -0.1) is 0 Å². The highest BCUT2D eigenvalue weighted by Crippen LogP contribution is 2.27. The van der Waals surface area contributed by atoms with Crippen molar-refractivity contribution < 1.29 is 14.6 Å². The monoisotopic (exact) mass is 257 g/mol. The van der Waals surface area contributed by atoms with E-state index in [0.717, 1.165) is 0 Å². The first-order valence-corrected chi connectivity index (χ1v) is 5.89. The predicted octanol–water partition coefficient (Wildman–Crippen LogP) is 2.93. The van der Waals surface area contributed by atoms with Crippen LogP contribution in [0.15, 0.2) is 54.6 Å². The molecule has 4 heteroatoms. The number of carboxylic acid groups (broad SMARTS) is 1. The van der Waals surface area contributed by atoms with Crippen molar-refractivity contribution in [1.82, 2.24) is 0 Å². The predicted molar refractivity (Wildman–Crippen MR) is 73.4 cm³/mol. The number of carboxylic acids is 1. The molecule has 0 amide bonds. The molecule has 0 saturated carbocycles. The maximum absolute atomic E-state index is 11.4. The summed E-state index contributed by atoms with van der Waals surface area (Å²) in [6.45, 7) is 0. The molecule has 4 nitrogen and oxygen atoms in total. The summed E-state index contributed by atoms with van der Waals surface area (Å²) in [5, 5.41) is 12.3. The van der Waals surface area contributed by atoms with Gasteiger partial charge in [0.1, 0.15) is 5.75 Å². The summed E-state index contributed by atoms with van der Waals surface area (Å²) in [5.74, 6) is -0.318. The van der Waals surface area contributed by atoms with Gasteiger partial charge >= 0.3 is 5.97 Å². The largest absolute Gasteiger partial charge is 0.495 e. The van der Waals surface area contributed by atoms with Crippen LogP contribution >= 0.6 is 0 Å². The number of benzene rings is 2. The molecule has 0 bridgehead atoms. The van der Waals surface area contributed by atoms with E-state index in [1.807, 2.05) is 30.3 Å². The van der Waals surface area contributed by atoms with Crippen LogP contribution < -0.4 is 10.1 Å². The highest BCUT2D eigenvalue weighted by atomic mass is 16.5. The van der Waals surface area contributed by atoms with Crippen molar-refractivity contribution in [3.05, 3.63) is 60.2 Å². The number of para-hydroxylation sites is 2. The molecule has 2 N–H and O–H groups in total. The van der Waals surface area contributed by atoms with Gasteiger partial charge in [-0.2, -0.15) is 0 Å². The maximum Gasteiger partial charge on any atom is 0.330 e. The molecule has 1 atom stereocenters. The van der Waals surface area contributed by atoms with E-state index in [9.17, 15) is 9.90 Å². The summed E-state index contributed by atoms with van der Waals surface area (Å²) < 4.78 is 5.21. The first-order valence-electron chi connectivity index (χ1n) is 5.89. The van der Waals surface area contributed by atoms with Crippen molar-refractivity contribution >= 4 is 11.7 Å². The zero-order valence-corrected chi connectivity index (χ0v) is 10.5. The van der Waals surface area contributed by atoms with Crippen molar-refractivity contribution in [2.45, 2.75) is 6.04 Å². The third-order valence-corrected chi connectivity index (χ3v) is 2.79. The lowest BCUT2D eigenvalue weighted by molar-refractivity contribution is -0.138. The molecule has 0 aliphatic rings. The normalized spacial score (nSPS) is 11.6. The van der Waals surface area contributed by atoms with Crippen LogP contribution in [0.5, 0.6) is 5.75 Å². The van der Waals surface area contributed by atoms with Crippen LogP contribution in [-0.4, -0.2) is 18.2 Å². The summed E-state index contributed by atoms with van der Waals surface area (Å²) in [4.78, 5) is 11.4. The third-order valence-electron chi connectivity index (χ3n) is 2.79. The standard InChI is InChI=1S/C15H15NO3/c1-19-13-10-6-5-9-12(13)16-14(15(17)18)11-7-3-2-4-8-11/h2-10,14,16H,1H3,(H,17,18). The molecule has 0 saturated heterocycles. The summed E-state index contributed by atoms with van der Waals surface area (Å²) in [6, 6.07) is 15.5. The van der Waals surface area contributed by atoms with Gasteiger partial charge in [0.2, 0.25) is 0 Å². The molecule has 0 aromatic heterocycles. The summed E-state index contributed by atoms with van der Waals surface area (Å²) >= 11 is 0. The van der Waals surface area contributed by atoms with Crippen LogP contribution in [0.2, 0.25) is 0 Å². The van der Waals surface area contributed by atoms with E-state index in [1.165, 1.54) is 0 Å². The average molecular weight is 257 g/mol. The van der Waals surface area contributed by atoms with E-state index >= 15 is 0 Å². The van der Waals surface area contributed by atoms with Crippen molar-refractivity contribution in [2.75, 3.05) is 12.4 Å².